The first kappa shape index (κ1) is 9.48. The highest BCUT2D eigenvalue weighted by atomic mass is 14.1. The van der Waals surface area contributed by atoms with E-state index < -0.39 is 0 Å². The Bertz CT molecular complexity index is 120. The molecule has 0 saturated heterocycles. The molecule has 10 heavy (non-hydrogen) atoms. The van der Waals surface area contributed by atoms with Gasteiger partial charge in [0.15, 0.2) is 0 Å². The Kier molecular flexibility index (Phi) is 5.00. The molecule has 0 aliphatic rings. The molecule has 1 radical (unpaired) electrons. The Morgan fingerprint density at radius 1 is 1.50 bits per heavy atom. The zero-order valence-electron chi connectivity index (χ0n) is 7.22. The van der Waals surface area contributed by atoms with Crippen LogP contribution in [0.4, 0.5) is 0 Å². The van der Waals surface area contributed by atoms with Crippen molar-refractivity contribution in [2.45, 2.75) is 27.2 Å². The predicted octanol–water partition coefficient (Wildman–Crippen LogP) is 3.37. The Labute approximate surface area is 64.6 Å². The molecule has 0 heteroatoms. The van der Waals surface area contributed by atoms with Crippen LogP contribution >= 0.6 is 0 Å². The zero-order chi connectivity index (χ0) is 7.98. The van der Waals surface area contributed by atoms with Crippen molar-refractivity contribution in [3.8, 4) is 0 Å². The van der Waals surface area contributed by atoms with E-state index in [2.05, 4.69) is 39.0 Å². The summed E-state index contributed by atoms with van der Waals surface area (Å²) in [4.78, 5) is 0. The lowest BCUT2D eigenvalue weighted by atomic mass is 9.95. The first-order valence-electron chi connectivity index (χ1n) is 3.78. The molecule has 57 valence electrons. The molecular weight excluding hydrogens is 120 g/mol. The van der Waals surface area contributed by atoms with Gasteiger partial charge in [0.2, 0.25) is 0 Å². The highest BCUT2D eigenvalue weighted by Gasteiger charge is 2.02. The fourth-order valence-corrected chi connectivity index (χ4v) is 0.904. The molecule has 0 rings (SSSR count). The SMILES string of the molecule is C=C(C)C([CH]C)CC=CC. The third-order valence-corrected chi connectivity index (χ3v) is 1.66. The number of allylic oxidation sites excluding steroid dienone is 3. The van der Waals surface area contributed by atoms with Crippen LogP contribution < -0.4 is 0 Å². The molecule has 0 amide bonds. The van der Waals surface area contributed by atoms with Crippen molar-refractivity contribution in [3.63, 3.8) is 0 Å². The fourth-order valence-electron chi connectivity index (χ4n) is 0.904. The minimum atomic E-state index is 0.566. The molecule has 0 N–H and O–H groups in total. The van der Waals surface area contributed by atoms with Gasteiger partial charge in [0, 0.05) is 0 Å². The summed E-state index contributed by atoms with van der Waals surface area (Å²) >= 11 is 0. The molecule has 0 saturated carbocycles. The van der Waals surface area contributed by atoms with E-state index in [0.29, 0.717) is 5.92 Å². The van der Waals surface area contributed by atoms with Crippen LogP contribution in [0.15, 0.2) is 24.3 Å². The van der Waals surface area contributed by atoms with Gasteiger partial charge in [-0.05, 0) is 32.6 Å². The summed E-state index contributed by atoms with van der Waals surface area (Å²) in [6.07, 6.45) is 7.56. The monoisotopic (exact) mass is 137 g/mol. The Balaban J connectivity index is 3.71. The topological polar surface area (TPSA) is 0 Å². The van der Waals surface area contributed by atoms with E-state index in [4.69, 9.17) is 0 Å². The summed E-state index contributed by atoms with van der Waals surface area (Å²) in [5.41, 5.74) is 1.25. The second-order valence-electron chi connectivity index (χ2n) is 2.59. The maximum Gasteiger partial charge on any atom is -0.0146 e. The molecule has 0 heterocycles. The minimum Gasteiger partial charge on any atom is -0.0998 e. The summed E-state index contributed by atoms with van der Waals surface area (Å²) in [6.45, 7) is 10.1. The minimum absolute atomic E-state index is 0.566. The normalized spacial score (nSPS) is 13.9. The fraction of sp³-hybridized carbons (Fsp3) is 0.500. The summed E-state index contributed by atoms with van der Waals surface area (Å²) in [6, 6.07) is 0. The first-order chi connectivity index (χ1) is 4.72. The molecule has 0 bridgehead atoms. The molecule has 0 nitrogen and oxygen atoms in total. The maximum atomic E-state index is 3.91. The molecule has 1 unspecified atom stereocenters. The van der Waals surface area contributed by atoms with Crippen LogP contribution in [0.25, 0.3) is 0 Å². The van der Waals surface area contributed by atoms with E-state index >= 15 is 0 Å². The van der Waals surface area contributed by atoms with E-state index in [0.717, 1.165) is 6.42 Å². The van der Waals surface area contributed by atoms with Crippen molar-refractivity contribution in [1.29, 1.82) is 0 Å². The van der Waals surface area contributed by atoms with Crippen molar-refractivity contribution in [2.75, 3.05) is 0 Å². The van der Waals surface area contributed by atoms with Crippen LogP contribution in [0.1, 0.15) is 27.2 Å². The van der Waals surface area contributed by atoms with E-state index in [-0.39, 0.29) is 0 Å². The standard InChI is InChI=1S/C10H17/c1-5-7-8-10(6-2)9(3)4/h5-7,10H,3,8H2,1-2,4H3. The van der Waals surface area contributed by atoms with Gasteiger partial charge in [0.1, 0.15) is 0 Å². The van der Waals surface area contributed by atoms with Gasteiger partial charge in [-0.3, -0.25) is 0 Å². The molecule has 0 aromatic rings. The highest BCUT2D eigenvalue weighted by molar-refractivity contribution is 5.04. The van der Waals surface area contributed by atoms with Crippen molar-refractivity contribution in [3.05, 3.63) is 30.7 Å². The van der Waals surface area contributed by atoms with Crippen LogP contribution in [-0.4, -0.2) is 0 Å². The average Bonchev–Trinajstić information content (AvgIpc) is 1.89. The number of rotatable bonds is 4. The average molecular weight is 137 g/mol. The van der Waals surface area contributed by atoms with E-state index in [1.54, 1.807) is 0 Å². The Morgan fingerprint density at radius 2 is 2.10 bits per heavy atom. The summed E-state index contributed by atoms with van der Waals surface area (Å²) in [5, 5.41) is 0. The van der Waals surface area contributed by atoms with Gasteiger partial charge in [-0.2, -0.15) is 0 Å². The van der Waals surface area contributed by atoms with Crippen LogP contribution in [0.5, 0.6) is 0 Å². The van der Waals surface area contributed by atoms with Crippen molar-refractivity contribution >= 4 is 0 Å². The molecule has 0 aromatic carbocycles. The summed E-state index contributed by atoms with van der Waals surface area (Å²) < 4.78 is 0. The van der Waals surface area contributed by atoms with Gasteiger partial charge >= 0.3 is 0 Å². The van der Waals surface area contributed by atoms with Crippen LogP contribution in [0.2, 0.25) is 0 Å². The lowest BCUT2D eigenvalue weighted by molar-refractivity contribution is 0.721. The molecular formula is C10H17. The molecule has 1 atom stereocenters. The molecule has 0 spiro atoms. The molecule has 0 aliphatic carbocycles. The van der Waals surface area contributed by atoms with Crippen LogP contribution in [0, 0.1) is 12.3 Å². The van der Waals surface area contributed by atoms with E-state index in [1.165, 1.54) is 5.57 Å². The molecule has 0 aromatic heterocycles. The van der Waals surface area contributed by atoms with Crippen LogP contribution in [-0.2, 0) is 0 Å². The summed E-state index contributed by atoms with van der Waals surface area (Å²) in [7, 11) is 0. The Hall–Kier alpha value is -0.520. The first-order valence-corrected chi connectivity index (χ1v) is 3.78. The third kappa shape index (κ3) is 3.49. The smallest absolute Gasteiger partial charge is 0.0146 e. The highest BCUT2D eigenvalue weighted by Crippen LogP contribution is 2.16. The van der Waals surface area contributed by atoms with Gasteiger partial charge in [-0.25, -0.2) is 0 Å². The van der Waals surface area contributed by atoms with Gasteiger partial charge in [0.05, 0.1) is 0 Å². The van der Waals surface area contributed by atoms with Crippen molar-refractivity contribution in [1.82, 2.24) is 0 Å². The second kappa shape index (κ2) is 5.28. The molecule has 0 aliphatic heterocycles. The van der Waals surface area contributed by atoms with E-state index in [9.17, 15) is 0 Å². The third-order valence-electron chi connectivity index (χ3n) is 1.66. The largest absolute Gasteiger partial charge is 0.0998 e. The number of hydrogen-bond donors (Lipinski definition) is 0. The van der Waals surface area contributed by atoms with Crippen molar-refractivity contribution in [2.24, 2.45) is 5.92 Å². The van der Waals surface area contributed by atoms with Crippen molar-refractivity contribution < 1.29 is 0 Å². The lowest BCUT2D eigenvalue weighted by Crippen LogP contribution is -1.97. The Morgan fingerprint density at radius 3 is 2.40 bits per heavy atom. The van der Waals surface area contributed by atoms with Gasteiger partial charge in [0.25, 0.3) is 0 Å². The second-order valence-corrected chi connectivity index (χ2v) is 2.59. The lowest BCUT2D eigenvalue weighted by Gasteiger charge is -2.10. The zero-order valence-corrected chi connectivity index (χ0v) is 7.22. The number of hydrogen-bond acceptors (Lipinski definition) is 0. The van der Waals surface area contributed by atoms with Crippen LogP contribution in [0.3, 0.4) is 0 Å². The van der Waals surface area contributed by atoms with E-state index in [1.807, 2.05) is 6.92 Å². The quantitative estimate of drug-likeness (QED) is 0.521. The van der Waals surface area contributed by atoms with Gasteiger partial charge in [-0.1, -0.05) is 31.2 Å². The van der Waals surface area contributed by atoms with Gasteiger partial charge in [-0.15, -0.1) is 0 Å². The predicted molar refractivity (Wildman–Crippen MR) is 47.7 cm³/mol. The summed E-state index contributed by atoms with van der Waals surface area (Å²) in [5.74, 6) is 0.566. The van der Waals surface area contributed by atoms with Gasteiger partial charge < -0.3 is 0 Å². The maximum absolute atomic E-state index is 3.91. The molecule has 0 fully saturated rings.